The summed E-state index contributed by atoms with van der Waals surface area (Å²) < 4.78 is 31.9. The van der Waals surface area contributed by atoms with E-state index < -0.39 is 21.9 Å². The van der Waals surface area contributed by atoms with Gasteiger partial charge in [0.1, 0.15) is 5.00 Å². The van der Waals surface area contributed by atoms with Crippen molar-refractivity contribution in [3.8, 4) is 0 Å². The van der Waals surface area contributed by atoms with Crippen molar-refractivity contribution >= 4 is 55.5 Å². The largest absolute Gasteiger partial charge is 0.465 e. The van der Waals surface area contributed by atoms with Crippen LogP contribution in [0.25, 0.3) is 0 Å². The molecule has 34 heavy (non-hydrogen) atoms. The van der Waals surface area contributed by atoms with Gasteiger partial charge in [-0.2, -0.15) is 0 Å². The Morgan fingerprint density at radius 2 is 1.68 bits per heavy atom. The summed E-state index contributed by atoms with van der Waals surface area (Å²) in [6, 6.07) is 12.1. The number of nitrogens with zero attached hydrogens (tertiary/aromatic N) is 1. The Kier molecular flexibility index (Phi) is 6.97. The van der Waals surface area contributed by atoms with E-state index in [4.69, 9.17) is 16.3 Å². The lowest BCUT2D eigenvalue weighted by Gasteiger charge is -2.19. The molecule has 10 heteroatoms. The van der Waals surface area contributed by atoms with Gasteiger partial charge < -0.3 is 10.1 Å². The second kappa shape index (κ2) is 9.77. The number of carbonyl (C=O) groups excluding carboxylic acids is 2. The number of fused-ring (bicyclic) bond motifs is 1. The first kappa shape index (κ1) is 24.3. The van der Waals surface area contributed by atoms with E-state index in [0.29, 0.717) is 26.8 Å². The molecule has 1 heterocycles. The van der Waals surface area contributed by atoms with Crippen LogP contribution in [0.4, 0.5) is 10.7 Å². The summed E-state index contributed by atoms with van der Waals surface area (Å²) in [5.41, 5.74) is 2.13. The smallest absolute Gasteiger partial charge is 0.341 e. The lowest BCUT2D eigenvalue weighted by Crippen LogP contribution is -2.26. The summed E-state index contributed by atoms with van der Waals surface area (Å²) in [6.45, 7) is 0. The Hall–Kier alpha value is -2.88. The van der Waals surface area contributed by atoms with Gasteiger partial charge in [0.25, 0.3) is 15.9 Å². The first-order chi connectivity index (χ1) is 16.2. The minimum Gasteiger partial charge on any atom is -0.465 e. The number of hydrogen-bond donors (Lipinski definition) is 1. The van der Waals surface area contributed by atoms with Crippen molar-refractivity contribution in [2.24, 2.45) is 0 Å². The van der Waals surface area contributed by atoms with Crippen molar-refractivity contribution in [1.82, 2.24) is 0 Å². The zero-order chi connectivity index (χ0) is 24.5. The van der Waals surface area contributed by atoms with Crippen LogP contribution >= 0.6 is 22.9 Å². The van der Waals surface area contributed by atoms with Gasteiger partial charge in [-0.3, -0.25) is 9.10 Å². The molecule has 0 unspecified atom stereocenters. The maximum absolute atomic E-state index is 12.9. The van der Waals surface area contributed by atoms with Crippen LogP contribution in [0.1, 0.15) is 44.0 Å². The molecule has 1 amide bonds. The Bertz CT molecular complexity index is 1330. The van der Waals surface area contributed by atoms with Gasteiger partial charge in [0, 0.05) is 22.5 Å². The normalized spacial score (nSPS) is 13.1. The molecule has 1 aliphatic carbocycles. The average Bonchev–Trinajstić information content (AvgIpc) is 3.21. The number of rotatable bonds is 6. The molecule has 7 nitrogen and oxygen atoms in total. The molecule has 1 aliphatic rings. The average molecular weight is 519 g/mol. The van der Waals surface area contributed by atoms with E-state index >= 15 is 0 Å². The van der Waals surface area contributed by atoms with E-state index in [1.54, 1.807) is 24.3 Å². The van der Waals surface area contributed by atoms with Crippen LogP contribution in [-0.2, 0) is 27.6 Å². The fourth-order valence-corrected chi connectivity index (χ4v) is 6.47. The lowest BCUT2D eigenvalue weighted by molar-refractivity contribution is 0.0601. The van der Waals surface area contributed by atoms with Crippen LogP contribution in [0.15, 0.2) is 53.4 Å². The monoisotopic (exact) mass is 518 g/mol. The Balaban J connectivity index is 1.55. The van der Waals surface area contributed by atoms with Crippen LogP contribution in [0.3, 0.4) is 0 Å². The molecule has 1 aromatic heterocycles. The van der Waals surface area contributed by atoms with Crippen molar-refractivity contribution in [2.45, 2.75) is 30.6 Å². The van der Waals surface area contributed by atoms with E-state index in [0.717, 1.165) is 40.4 Å². The molecule has 0 saturated heterocycles. The van der Waals surface area contributed by atoms with E-state index in [9.17, 15) is 18.0 Å². The molecule has 3 aromatic rings. The van der Waals surface area contributed by atoms with E-state index in [1.165, 1.54) is 49.8 Å². The molecule has 0 radical (unpaired) electrons. The van der Waals surface area contributed by atoms with Crippen LogP contribution in [0.2, 0.25) is 5.02 Å². The summed E-state index contributed by atoms with van der Waals surface area (Å²) >= 11 is 7.27. The first-order valence-corrected chi connectivity index (χ1v) is 13.2. The highest BCUT2D eigenvalue weighted by Gasteiger charge is 2.27. The lowest BCUT2D eigenvalue weighted by atomic mass is 9.95. The highest BCUT2D eigenvalue weighted by molar-refractivity contribution is 7.92. The van der Waals surface area contributed by atoms with Crippen LogP contribution in [0, 0.1) is 0 Å². The number of methoxy groups -OCH3 is 1. The number of thiophene rings is 1. The summed E-state index contributed by atoms with van der Waals surface area (Å²) in [7, 11) is -1.02. The van der Waals surface area contributed by atoms with E-state index in [-0.39, 0.29) is 4.90 Å². The maximum atomic E-state index is 12.9. The second-order valence-electron chi connectivity index (χ2n) is 7.83. The zero-order valence-corrected chi connectivity index (χ0v) is 21.0. The molecule has 4 rings (SSSR count). The first-order valence-electron chi connectivity index (χ1n) is 10.6. The molecule has 0 atom stereocenters. The van der Waals surface area contributed by atoms with Crippen LogP contribution < -0.4 is 9.62 Å². The number of benzene rings is 2. The van der Waals surface area contributed by atoms with Crippen LogP contribution in [0.5, 0.6) is 0 Å². The summed E-state index contributed by atoms with van der Waals surface area (Å²) in [5.74, 6) is -0.849. The Morgan fingerprint density at radius 3 is 2.32 bits per heavy atom. The van der Waals surface area contributed by atoms with Crippen molar-refractivity contribution in [3.05, 3.63) is 75.1 Å². The van der Waals surface area contributed by atoms with Crippen LogP contribution in [-0.4, -0.2) is 34.5 Å². The van der Waals surface area contributed by atoms with E-state index in [1.807, 2.05) is 0 Å². The van der Waals surface area contributed by atoms with Crippen molar-refractivity contribution < 1.29 is 22.7 Å². The summed E-state index contributed by atoms with van der Waals surface area (Å²) in [6.07, 6.45) is 3.71. The minimum absolute atomic E-state index is 0.109. The third kappa shape index (κ3) is 4.68. The predicted molar refractivity (Wildman–Crippen MR) is 134 cm³/mol. The van der Waals surface area contributed by atoms with Gasteiger partial charge >= 0.3 is 5.97 Å². The number of ether oxygens (including phenoxy) is 1. The molecule has 0 saturated carbocycles. The zero-order valence-electron chi connectivity index (χ0n) is 18.6. The molecule has 0 fully saturated rings. The van der Waals surface area contributed by atoms with Gasteiger partial charge in [-0.05, 0) is 79.8 Å². The van der Waals surface area contributed by atoms with Gasteiger partial charge in [-0.1, -0.05) is 11.6 Å². The molecular weight excluding hydrogens is 496 g/mol. The van der Waals surface area contributed by atoms with E-state index in [2.05, 4.69) is 5.32 Å². The Morgan fingerprint density at radius 1 is 1.03 bits per heavy atom. The van der Waals surface area contributed by atoms with Gasteiger partial charge in [0.05, 0.1) is 23.3 Å². The summed E-state index contributed by atoms with van der Waals surface area (Å²) in [5, 5.41) is 3.77. The molecule has 2 aromatic carbocycles. The second-order valence-corrected chi connectivity index (χ2v) is 11.3. The van der Waals surface area contributed by atoms with Crippen molar-refractivity contribution in [1.29, 1.82) is 0 Å². The SMILES string of the molecule is COC(=O)c1c(NC(=O)c2ccc(N(C)S(=O)(=O)c3ccc(Cl)cc3)cc2)sc2c1CCCC2. The van der Waals surface area contributed by atoms with Crippen molar-refractivity contribution in [3.63, 3.8) is 0 Å². The molecule has 0 spiro atoms. The third-order valence-corrected chi connectivity index (χ3v) is 9.01. The maximum Gasteiger partial charge on any atom is 0.341 e. The highest BCUT2D eigenvalue weighted by atomic mass is 35.5. The number of nitrogens with one attached hydrogen (secondary N) is 1. The number of sulfonamides is 1. The quantitative estimate of drug-likeness (QED) is 0.456. The van der Waals surface area contributed by atoms with Gasteiger partial charge in [-0.15, -0.1) is 11.3 Å². The fourth-order valence-electron chi connectivity index (χ4n) is 3.87. The van der Waals surface area contributed by atoms with Gasteiger partial charge in [0.2, 0.25) is 0 Å². The molecule has 1 N–H and O–H groups in total. The number of esters is 1. The number of amides is 1. The number of anilines is 2. The topological polar surface area (TPSA) is 92.8 Å². The molecule has 178 valence electrons. The molecule has 0 bridgehead atoms. The van der Waals surface area contributed by atoms with Crippen molar-refractivity contribution in [2.75, 3.05) is 23.8 Å². The number of aryl methyl sites for hydroxylation is 1. The number of halogens is 1. The highest BCUT2D eigenvalue weighted by Crippen LogP contribution is 2.38. The molecule has 0 aliphatic heterocycles. The van der Waals surface area contributed by atoms with Gasteiger partial charge in [0.15, 0.2) is 0 Å². The number of hydrogen-bond acceptors (Lipinski definition) is 6. The molecular formula is C24H23ClN2O5S2. The standard InChI is InChI=1S/C24H23ClN2O5S2/c1-27(34(30,31)18-13-9-16(25)10-14-18)17-11-7-15(8-12-17)22(28)26-23-21(24(29)32-2)19-5-3-4-6-20(19)33-23/h7-14H,3-6H2,1-2H3,(H,26,28). The third-order valence-electron chi connectivity index (χ3n) is 5.75. The Labute approximate surface area is 207 Å². The van der Waals surface area contributed by atoms with Gasteiger partial charge in [-0.25, -0.2) is 13.2 Å². The summed E-state index contributed by atoms with van der Waals surface area (Å²) in [4.78, 5) is 26.5. The predicted octanol–water partition coefficient (Wildman–Crippen LogP) is 5.14. The minimum atomic E-state index is -3.79. The fraction of sp³-hybridized carbons (Fsp3) is 0.250. The number of carbonyl (C=O) groups is 2.